The quantitative estimate of drug-likeness (QED) is 0.366. The molecule has 1 heterocycles. The van der Waals surface area contributed by atoms with Gasteiger partial charge in [0.05, 0.1) is 24.3 Å². The fourth-order valence-electron chi connectivity index (χ4n) is 4.10. The molecular weight excluding hydrogens is 500 g/mol. The van der Waals surface area contributed by atoms with Gasteiger partial charge in [0.15, 0.2) is 0 Å². The fourth-order valence-corrected chi connectivity index (χ4v) is 4.10. The lowest BCUT2D eigenvalue weighted by Crippen LogP contribution is -2.34. The van der Waals surface area contributed by atoms with Gasteiger partial charge >= 0.3 is 0 Å². The summed E-state index contributed by atoms with van der Waals surface area (Å²) in [6.07, 6.45) is 0. The summed E-state index contributed by atoms with van der Waals surface area (Å²) in [7, 11) is 8.19. The number of para-hydroxylation sites is 1. The van der Waals surface area contributed by atoms with E-state index in [1.54, 1.807) is 11.9 Å². The molecule has 218 valence electrons. The molecule has 0 aromatic heterocycles. The maximum absolute atomic E-state index is 11.6. The lowest BCUT2D eigenvalue weighted by molar-refractivity contribution is -0.128. The summed E-state index contributed by atoms with van der Waals surface area (Å²) in [4.78, 5) is 18.1. The van der Waals surface area contributed by atoms with Crippen molar-refractivity contribution in [1.29, 1.82) is 0 Å². The number of benzene rings is 3. The van der Waals surface area contributed by atoms with Crippen LogP contribution in [0.4, 0.5) is 28.4 Å². The highest BCUT2D eigenvalue weighted by Crippen LogP contribution is 2.26. The molecule has 1 aliphatic heterocycles. The molecule has 8 heteroatoms. The summed E-state index contributed by atoms with van der Waals surface area (Å²) in [5.41, 5.74) is 14.5. The number of rotatable bonds is 7. The Morgan fingerprint density at radius 3 is 1.77 bits per heavy atom. The van der Waals surface area contributed by atoms with Crippen LogP contribution in [0.1, 0.15) is 26.3 Å². The molecule has 1 fully saturated rings. The number of carbonyl (C=O) groups is 1. The van der Waals surface area contributed by atoms with Crippen molar-refractivity contribution in [2.45, 2.75) is 27.7 Å². The minimum atomic E-state index is -0.699. The van der Waals surface area contributed by atoms with Gasteiger partial charge in [0.2, 0.25) is 5.91 Å². The Morgan fingerprint density at radius 1 is 0.875 bits per heavy atom. The number of aryl methyl sites for hydroxylation is 1. The third-order valence-corrected chi connectivity index (χ3v) is 6.97. The maximum atomic E-state index is 11.6. The molecule has 0 radical (unpaired) electrons. The van der Waals surface area contributed by atoms with E-state index in [0.717, 1.165) is 30.0 Å². The molecule has 0 saturated carbocycles. The van der Waals surface area contributed by atoms with E-state index >= 15 is 0 Å². The van der Waals surface area contributed by atoms with Crippen molar-refractivity contribution in [3.63, 3.8) is 0 Å². The predicted octanol–water partition coefficient (Wildman–Crippen LogP) is 4.78. The van der Waals surface area contributed by atoms with Crippen LogP contribution in [0, 0.1) is 12.3 Å². The Morgan fingerprint density at radius 2 is 1.38 bits per heavy atom. The minimum absolute atomic E-state index is 0.131. The third kappa shape index (κ3) is 8.81. The Bertz CT molecular complexity index is 1150. The predicted molar refractivity (Wildman–Crippen MR) is 171 cm³/mol. The number of hydrazine groups is 1. The number of carbonyl (C=O) groups excluding carboxylic acids is 1. The number of nitrogens with zero attached hydrogens (tertiary/aromatic N) is 4. The molecule has 0 spiro atoms. The Kier molecular flexibility index (Phi) is 12.1. The number of nitrogen functional groups attached to an aromatic ring is 1. The van der Waals surface area contributed by atoms with Crippen molar-refractivity contribution in [3.05, 3.63) is 78.4 Å². The summed E-state index contributed by atoms with van der Waals surface area (Å²) >= 11 is 0. The first-order valence-corrected chi connectivity index (χ1v) is 13.8. The Labute approximate surface area is 241 Å². The second-order valence-electron chi connectivity index (χ2n) is 10.6. The Balaban J connectivity index is 0.000000212. The normalized spacial score (nSPS) is 15.7. The standard InChI is InChI=1S/C11H14N2O2.C11H18N2.C10H16N2/c1-11(8-14)7-13(12-10(11)15)9-5-3-2-4-6-9;1-4-13(5-2)10-6-7-11(12)9(3)8-10;1-11(2)9-5-7-10(8-6-9)12(3)4/h2-6,14H,7-8H2,1H3,(H,12,15);6-8H,4-5,12H2,1-3H3;5-8H,1-4H3. The van der Waals surface area contributed by atoms with Crippen molar-refractivity contribution in [3.8, 4) is 0 Å². The molecule has 1 saturated heterocycles. The molecule has 40 heavy (non-hydrogen) atoms. The second kappa shape index (κ2) is 15.0. The number of hydrogen-bond acceptors (Lipinski definition) is 7. The van der Waals surface area contributed by atoms with Crippen LogP contribution in [0.3, 0.4) is 0 Å². The van der Waals surface area contributed by atoms with E-state index < -0.39 is 5.41 Å². The van der Waals surface area contributed by atoms with Gasteiger partial charge in [-0.1, -0.05) is 18.2 Å². The van der Waals surface area contributed by atoms with Crippen LogP contribution in [0.5, 0.6) is 0 Å². The van der Waals surface area contributed by atoms with Gasteiger partial charge in [-0.2, -0.15) is 0 Å². The minimum Gasteiger partial charge on any atom is -0.399 e. The number of aliphatic hydroxyl groups is 1. The maximum Gasteiger partial charge on any atom is 0.248 e. The van der Waals surface area contributed by atoms with E-state index in [-0.39, 0.29) is 12.5 Å². The first-order chi connectivity index (χ1) is 18.9. The summed E-state index contributed by atoms with van der Waals surface area (Å²) in [6.45, 7) is 10.6. The van der Waals surface area contributed by atoms with Crippen LogP contribution in [-0.4, -0.2) is 65.4 Å². The third-order valence-electron chi connectivity index (χ3n) is 6.97. The number of aliphatic hydroxyl groups excluding tert-OH is 1. The molecule has 0 bridgehead atoms. The van der Waals surface area contributed by atoms with Crippen molar-refractivity contribution in [2.75, 3.05) is 79.9 Å². The number of amides is 1. The van der Waals surface area contributed by atoms with Crippen molar-refractivity contribution in [2.24, 2.45) is 5.41 Å². The van der Waals surface area contributed by atoms with E-state index in [9.17, 15) is 9.90 Å². The van der Waals surface area contributed by atoms with Gasteiger partial charge in [-0.05, 0) is 87.9 Å². The zero-order chi connectivity index (χ0) is 29.9. The summed E-state index contributed by atoms with van der Waals surface area (Å²) < 4.78 is 0. The molecule has 4 rings (SSSR count). The van der Waals surface area contributed by atoms with Gasteiger partial charge in [0.25, 0.3) is 0 Å². The SMILES string of the molecule is CC1(CO)CN(c2ccccc2)NC1=O.CCN(CC)c1ccc(N)c(C)c1.CN(C)c1ccc(N(C)C)cc1. The summed E-state index contributed by atoms with van der Waals surface area (Å²) in [5, 5.41) is 10.9. The lowest BCUT2D eigenvalue weighted by Gasteiger charge is -2.21. The number of nitrogens with two attached hydrogens (primary N) is 1. The van der Waals surface area contributed by atoms with E-state index in [1.165, 1.54) is 17.1 Å². The van der Waals surface area contributed by atoms with E-state index in [4.69, 9.17) is 5.73 Å². The topological polar surface area (TPSA) is 88.3 Å². The Hall–Kier alpha value is -3.91. The summed E-state index contributed by atoms with van der Waals surface area (Å²) in [5.74, 6) is -0.131. The highest BCUT2D eigenvalue weighted by atomic mass is 16.3. The van der Waals surface area contributed by atoms with Gasteiger partial charge in [-0.3, -0.25) is 15.2 Å². The molecule has 1 aliphatic rings. The zero-order valence-corrected chi connectivity index (χ0v) is 25.5. The van der Waals surface area contributed by atoms with Crippen LogP contribution in [0.2, 0.25) is 0 Å². The summed E-state index contributed by atoms with van der Waals surface area (Å²) in [6, 6.07) is 24.3. The van der Waals surface area contributed by atoms with Crippen LogP contribution in [-0.2, 0) is 4.79 Å². The first kappa shape index (κ1) is 32.3. The second-order valence-corrected chi connectivity index (χ2v) is 10.6. The van der Waals surface area contributed by atoms with Crippen LogP contribution < -0.4 is 30.9 Å². The molecule has 1 unspecified atom stereocenters. The van der Waals surface area contributed by atoms with Crippen LogP contribution >= 0.6 is 0 Å². The van der Waals surface area contributed by atoms with Crippen LogP contribution in [0.15, 0.2) is 72.8 Å². The van der Waals surface area contributed by atoms with Crippen molar-refractivity contribution < 1.29 is 9.90 Å². The number of hydrogen-bond donors (Lipinski definition) is 3. The first-order valence-electron chi connectivity index (χ1n) is 13.8. The van der Waals surface area contributed by atoms with Gasteiger partial charge in [-0.25, -0.2) is 0 Å². The van der Waals surface area contributed by atoms with E-state index in [2.05, 4.69) is 70.4 Å². The smallest absolute Gasteiger partial charge is 0.248 e. The average molecular weight is 549 g/mol. The lowest BCUT2D eigenvalue weighted by atomic mass is 9.92. The molecular formula is C32H48N6O2. The van der Waals surface area contributed by atoms with Gasteiger partial charge in [0.1, 0.15) is 0 Å². The number of anilines is 5. The molecule has 0 aliphatic carbocycles. The average Bonchev–Trinajstić information content (AvgIpc) is 3.27. The highest BCUT2D eigenvalue weighted by Gasteiger charge is 2.41. The van der Waals surface area contributed by atoms with Gasteiger partial charge in [0, 0.05) is 64.0 Å². The van der Waals surface area contributed by atoms with E-state index in [0.29, 0.717) is 6.54 Å². The molecule has 1 atom stereocenters. The highest BCUT2D eigenvalue weighted by molar-refractivity contribution is 5.87. The van der Waals surface area contributed by atoms with Crippen molar-refractivity contribution in [1.82, 2.24) is 5.43 Å². The molecule has 4 N–H and O–H groups in total. The zero-order valence-electron chi connectivity index (χ0n) is 25.5. The molecule has 1 amide bonds. The van der Waals surface area contributed by atoms with Crippen molar-refractivity contribution >= 4 is 34.3 Å². The van der Waals surface area contributed by atoms with E-state index in [1.807, 2.05) is 71.5 Å². The number of nitrogens with one attached hydrogen (secondary N) is 1. The monoisotopic (exact) mass is 548 g/mol. The molecule has 8 nitrogen and oxygen atoms in total. The van der Waals surface area contributed by atoms with Crippen LogP contribution in [0.25, 0.3) is 0 Å². The fraction of sp³-hybridized carbons (Fsp3) is 0.406. The van der Waals surface area contributed by atoms with Gasteiger partial charge in [-0.15, -0.1) is 0 Å². The molecule has 3 aromatic rings. The van der Waals surface area contributed by atoms with Gasteiger partial charge < -0.3 is 25.5 Å². The molecule has 3 aromatic carbocycles. The largest absolute Gasteiger partial charge is 0.399 e.